The van der Waals surface area contributed by atoms with E-state index in [0.717, 1.165) is 51.4 Å². The summed E-state index contributed by atoms with van der Waals surface area (Å²) >= 11 is 0. The molecule has 0 radical (unpaired) electrons. The molecule has 0 aromatic heterocycles. The molecule has 0 heterocycles. The minimum Gasteiger partial charge on any atom is -0.388 e. The van der Waals surface area contributed by atoms with Crippen LogP contribution in [0, 0.1) is 28.6 Å². The molecule has 2 saturated carbocycles. The summed E-state index contributed by atoms with van der Waals surface area (Å²) in [6.07, 6.45) is 10.4. The molecule has 0 aromatic carbocycles. The number of hydrogen-bond donors (Lipinski definition) is 1. The highest BCUT2D eigenvalue weighted by Crippen LogP contribution is 2.52. The number of nitriles is 1. The summed E-state index contributed by atoms with van der Waals surface area (Å²) in [5.41, 5.74) is -1.18. The molecule has 0 aliphatic heterocycles. The van der Waals surface area contributed by atoms with Crippen molar-refractivity contribution >= 4 is 0 Å². The van der Waals surface area contributed by atoms with Crippen molar-refractivity contribution in [2.45, 2.75) is 83.7 Å². The Morgan fingerprint density at radius 1 is 1.16 bits per heavy atom. The zero-order valence-corrected chi connectivity index (χ0v) is 12.6. The summed E-state index contributed by atoms with van der Waals surface area (Å²) in [5.74, 6) is 1.34. The van der Waals surface area contributed by atoms with E-state index >= 15 is 0 Å². The van der Waals surface area contributed by atoms with Gasteiger partial charge in [-0.15, -0.1) is 0 Å². The molecule has 2 nitrogen and oxygen atoms in total. The fourth-order valence-corrected chi connectivity index (χ4v) is 4.34. The Hall–Kier alpha value is -0.550. The zero-order chi connectivity index (χ0) is 13.9. The second-order valence-corrected chi connectivity index (χ2v) is 7.13. The van der Waals surface area contributed by atoms with Gasteiger partial charge < -0.3 is 5.11 Å². The monoisotopic (exact) mass is 263 g/mol. The second kappa shape index (κ2) is 5.83. The highest BCUT2D eigenvalue weighted by atomic mass is 16.3. The number of aliphatic hydroxyl groups is 1. The normalized spacial score (nSPS) is 44.3. The summed E-state index contributed by atoms with van der Waals surface area (Å²) in [7, 11) is 0. The van der Waals surface area contributed by atoms with E-state index in [1.165, 1.54) is 12.8 Å². The van der Waals surface area contributed by atoms with Crippen molar-refractivity contribution < 1.29 is 5.11 Å². The van der Waals surface area contributed by atoms with Gasteiger partial charge in [0.15, 0.2) is 0 Å². The van der Waals surface area contributed by atoms with E-state index < -0.39 is 11.0 Å². The third kappa shape index (κ3) is 2.82. The Kier molecular flexibility index (Phi) is 4.56. The fraction of sp³-hybridized carbons (Fsp3) is 0.941. The molecular weight excluding hydrogens is 234 g/mol. The first kappa shape index (κ1) is 14.9. The van der Waals surface area contributed by atoms with Crippen molar-refractivity contribution in [1.29, 1.82) is 5.26 Å². The zero-order valence-electron chi connectivity index (χ0n) is 12.6. The van der Waals surface area contributed by atoms with E-state index in [0.29, 0.717) is 11.8 Å². The van der Waals surface area contributed by atoms with Crippen molar-refractivity contribution in [3.05, 3.63) is 0 Å². The SMILES string of the molecule is CCC1CCCC(C#N)(C2(O)CCCC(C)CC2)C1. The molecule has 2 aliphatic carbocycles. The Morgan fingerprint density at radius 2 is 1.89 bits per heavy atom. The van der Waals surface area contributed by atoms with Crippen LogP contribution in [0.1, 0.15) is 78.1 Å². The minimum atomic E-state index is -0.722. The van der Waals surface area contributed by atoms with Crippen LogP contribution in [0.2, 0.25) is 0 Å². The molecular formula is C17H29NO. The van der Waals surface area contributed by atoms with E-state index in [-0.39, 0.29) is 0 Å². The quantitative estimate of drug-likeness (QED) is 0.749. The average molecular weight is 263 g/mol. The second-order valence-electron chi connectivity index (χ2n) is 7.13. The van der Waals surface area contributed by atoms with Gasteiger partial charge in [-0.05, 0) is 43.9 Å². The molecule has 1 N–H and O–H groups in total. The van der Waals surface area contributed by atoms with E-state index in [1.807, 2.05) is 0 Å². The maximum atomic E-state index is 11.2. The first-order valence-corrected chi connectivity index (χ1v) is 8.19. The summed E-state index contributed by atoms with van der Waals surface area (Å²) in [4.78, 5) is 0. The van der Waals surface area contributed by atoms with Crippen LogP contribution < -0.4 is 0 Å². The van der Waals surface area contributed by atoms with Crippen LogP contribution in [0.5, 0.6) is 0 Å². The predicted octanol–water partition coefficient (Wildman–Crippen LogP) is 4.43. The summed E-state index contributed by atoms with van der Waals surface area (Å²) in [6, 6.07) is 2.58. The highest BCUT2D eigenvalue weighted by Gasteiger charge is 2.52. The number of nitrogens with zero attached hydrogens (tertiary/aromatic N) is 1. The molecule has 2 aliphatic rings. The Balaban J connectivity index is 2.21. The molecule has 19 heavy (non-hydrogen) atoms. The molecule has 4 atom stereocenters. The number of rotatable bonds is 2. The maximum absolute atomic E-state index is 11.2. The predicted molar refractivity (Wildman–Crippen MR) is 77.5 cm³/mol. The van der Waals surface area contributed by atoms with E-state index in [4.69, 9.17) is 0 Å². The molecule has 0 spiro atoms. The first-order chi connectivity index (χ1) is 9.05. The van der Waals surface area contributed by atoms with Crippen LogP contribution in [0.25, 0.3) is 0 Å². The van der Waals surface area contributed by atoms with Crippen molar-refractivity contribution in [2.75, 3.05) is 0 Å². The van der Waals surface area contributed by atoms with Gasteiger partial charge in [-0.25, -0.2) is 0 Å². The molecule has 0 saturated heterocycles. The van der Waals surface area contributed by atoms with E-state index in [2.05, 4.69) is 19.9 Å². The summed E-state index contributed by atoms with van der Waals surface area (Å²) in [6.45, 7) is 4.50. The Morgan fingerprint density at radius 3 is 2.58 bits per heavy atom. The lowest BCUT2D eigenvalue weighted by Crippen LogP contribution is -2.49. The van der Waals surface area contributed by atoms with Gasteiger partial charge in [0.05, 0.1) is 17.1 Å². The van der Waals surface area contributed by atoms with Gasteiger partial charge in [-0.3, -0.25) is 0 Å². The molecule has 0 bridgehead atoms. The van der Waals surface area contributed by atoms with Crippen LogP contribution in [0.4, 0.5) is 0 Å². The Labute approximate surface area is 118 Å². The van der Waals surface area contributed by atoms with Gasteiger partial charge in [0.25, 0.3) is 0 Å². The van der Waals surface area contributed by atoms with Crippen LogP contribution >= 0.6 is 0 Å². The standard InChI is InChI=1S/C17H29NO/c1-3-15-7-5-9-16(12-15,13-18)17(19)10-4-6-14(2)8-11-17/h14-15,19H,3-12H2,1-2H3. The van der Waals surface area contributed by atoms with Crippen LogP contribution in [-0.2, 0) is 0 Å². The third-order valence-corrected chi connectivity index (χ3v) is 5.87. The van der Waals surface area contributed by atoms with Crippen LogP contribution in [0.15, 0.2) is 0 Å². The van der Waals surface area contributed by atoms with Gasteiger partial charge in [-0.1, -0.05) is 46.0 Å². The van der Waals surface area contributed by atoms with Crippen LogP contribution in [0.3, 0.4) is 0 Å². The lowest BCUT2D eigenvalue weighted by atomic mass is 9.59. The molecule has 0 aromatic rings. The van der Waals surface area contributed by atoms with Crippen molar-refractivity contribution in [1.82, 2.24) is 0 Å². The van der Waals surface area contributed by atoms with E-state index in [9.17, 15) is 10.4 Å². The average Bonchev–Trinajstić information content (AvgIpc) is 2.61. The number of hydrogen-bond acceptors (Lipinski definition) is 2. The lowest BCUT2D eigenvalue weighted by molar-refractivity contribution is -0.0926. The van der Waals surface area contributed by atoms with Gasteiger partial charge in [-0.2, -0.15) is 5.26 Å². The minimum absolute atomic E-state index is 0.462. The van der Waals surface area contributed by atoms with Gasteiger partial charge in [0.2, 0.25) is 0 Å². The Bertz CT molecular complexity index is 348. The first-order valence-electron chi connectivity index (χ1n) is 8.19. The van der Waals surface area contributed by atoms with Gasteiger partial charge in [0, 0.05) is 0 Å². The molecule has 4 unspecified atom stereocenters. The summed E-state index contributed by atoms with van der Waals surface area (Å²) in [5, 5.41) is 21.1. The van der Waals surface area contributed by atoms with Crippen molar-refractivity contribution in [3.63, 3.8) is 0 Å². The molecule has 2 heteroatoms. The van der Waals surface area contributed by atoms with Gasteiger partial charge in [0.1, 0.15) is 0 Å². The van der Waals surface area contributed by atoms with Crippen molar-refractivity contribution in [2.24, 2.45) is 17.3 Å². The van der Waals surface area contributed by atoms with Gasteiger partial charge >= 0.3 is 0 Å². The van der Waals surface area contributed by atoms with Crippen LogP contribution in [-0.4, -0.2) is 10.7 Å². The lowest BCUT2D eigenvalue weighted by Gasteiger charge is -2.47. The van der Waals surface area contributed by atoms with Crippen molar-refractivity contribution in [3.8, 4) is 6.07 Å². The topological polar surface area (TPSA) is 44.0 Å². The molecule has 2 rings (SSSR count). The molecule has 0 amide bonds. The fourth-order valence-electron chi connectivity index (χ4n) is 4.34. The largest absolute Gasteiger partial charge is 0.388 e. The molecule has 2 fully saturated rings. The maximum Gasteiger partial charge on any atom is 0.0862 e. The van der Waals surface area contributed by atoms with E-state index in [1.54, 1.807) is 0 Å². The third-order valence-electron chi connectivity index (χ3n) is 5.87. The molecule has 108 valence electrons. The summed E-state index contributed by atoms with van der Waals surface area (Å²) < 4.78 is 0. The highest BCUT2D eigenvalue weighted by molar-refractivity contribution is 5.13. The smallest absolute Gasteiger partial charge is 0.0862 e.